The Kier molecular flexibility index (Phi) is 2.31. The van der Waals surface area contributed by atoms with Crippen molar-refractivity contribution in [3.63, 3.8) is 0 Å². The molecule has 0 aliphatic carbocycles. The zero-order chi connectivity index (χ0) is 12.1. The fourth-order valence-corrected chi connectivity index (χ4v) is 1.71. The Morgan fingerprint density at radius 1 is 1.38 bits per heavy atom. The molecular weight excluding hydrogens is 228 g/mol. The number of imidazole rings is 1. The first kappa shape index (κ1) is 11.1. The molecule has 0 aromatic carbocycles. The van der Waals surface area contributed by atoms with E-state index in [1.165, 1.54) is 6.33 Å². The molecule has 0 radical (unpaired) electrons. The highest BCUT2D eigenvalue weighted by Gasteiger charge is 2.19. The molecule has 0 fully saturated rings. The molecular formula is C10H13ClN4O. The normalized spacial score (nSPS) is 12.3. The number of hydrogen-bond acceptors (Lipinski definition) is 3. The van der Waals surface area contributed by atoms with Crippen molar-refractivity contribution in [1.82, 2.24) is 19.1 Å². The first-order valence-electron chi connectivity index (χ1n) is 4.92. The second-order valence-corrected chi connectivity index (χ2v) is 5.04. The second-order valence-electron chi connectivity index (χ2n) is 4.70. The summed E-state index contributed by atoms with van der Waals surface area (Å²) in [6.45, 7) is 5.83. The number of aromatic nitrogens is 4. The molecule has 0 atom stereocenters. The Morgan fingerprint density at radius 3 is 2.56 bits per heavy atom. The van der Waals surface area contributed by atoms with Crippen molar-refractivity contribution < 1.29 is 0 Å². The van der Waals surface area contributed by atoms with Gasteiger partial charge in [-0.15, -0.1) is 0 Å². The van der Waals surface area contributed by atoms with Gasteiger partial charge in [-0.25, -0.2) is 4.98 Å². The molecule has 0 N–H and O–H groups in total. The summed E-state index contributed by atoms with van der Waals surface area (Å²) in [7, 11) is 1.70. The van der Waals surface area contributed by atoms with E-state index >= 15 is 0 Å². The zero-order valence-electron chi connectivity index (χ0n) is 9.65. The Hall–Kier alpha value is -1.36. The topological polar surface area (TPSA) is 52.7 Å². The highest BCUT2D eigenvalue weighted by atomic mass is 35.5. The molecule has 16 heavy (non-hydrogen) atoms. The van der Waals surface area contributed by atoms with Crippen molar-refractivity contribution in [2.45, 2.75) is 26.3 Å². The third-order valence-corrected chi connectivity index (χ3v) is 2.80. The number of rotatable bonds is 0. The molecule has 2 heterocycles. The monoisotopic (exact) mass is 240 g/mol. The van der Waals surface area contributed by atoms with E-state index in [-0.39, 0.29) is 16.4 Å². The van der Waals surface area contributed by atoms with Gasteiger partial charge in [0.05, 0.1) is 0 Å². The van der Waals surface area contributed by atoms with E-state index in [4.69, 9.17) is 11.6 Å². The van der Waals surface area contributed by atoms with Crippen molar-refractivity contribution in [3.05, 3.63) is 22.0 Å². The molecule has 2 aromatic heterocycles. The van der Waals surface area contributed by atoms with Gasteiger partial charge in [-0.1, -0.05) is 0 Å². The van der Waals surface area contributed by atoms with Crippen LogP contribution in [0.5, 0.6) is 0 Å². The number of aryl methyl sites for hydroxylation is 1. The molecule has 2 rings (SSSR count). The summed E-state index contributed by atoms with van der Waals surface area (Å²) < 4.78 is 3.13. The lowest BCUT2D eigenvalue weighted by Gasteiger charge is -2.21. The number of fused-ring (bicyclic) bond motifs is 1. The smallest absolute Gasteiger partial charge is 0.280 e. The lowest BCUT2D eigenvalue weighted by Crippen LogP contribution is -2.34. The summed E-state index contributed by atoms with van der Waals surface area (Å²) >= 11 is 5.85. The van der Waals surface area contributed by atoms with E-state index in [0.717, 1.165) is 0 Å². The number of nitrogens with zero attached hydrogens (tertiary/aromatic N) is 4. The molecule has 0 aliphatic heterocycles. The van der Waals surface area contributed by atoms with E-state index in [9.17, 15) is 4.79 Å². The van der Waals surface area contributed by atoms with Gasteiger partial charge in [-0.05, 0) is 32.4 Å². The van der Waals surface area contributed by atoms with Gasteiger partial charge >= 0.3 is 0 Å². The number of halogens is 1. The predicted molar refractivity (Wildman–Crippen MR) is 62.8 cm³/mol. The summed E-state index contributed by atoms with van der Waals surface area (Å²) in [5.74, 6) is 0. The minimum atomic E-state index is -0.310. The largest absolute Gasteiger partial charge is 0.312 e. The highest BCUT2D eigenvalue weighted by Crippen LogP contribution is 2.15. The van der Waals surface area contributed by atoms with Gasteiger partial charge in [0.15, 0.2) is 11.2 Å². The van der Waals surface area contributed by atoms with Crippen LogP contribution < -0.4 is 5.56 Å². The molecule has 0 amide bonds. The second kappa shape index (κ2) is 3.31. The minimum absolute atomic E-state index is 0.126. The molecule has 2 aromatic rings. The maximum Gasteiger partial charge on any atom is 0.280 e. The maximum atomic E-state index is 12.2. The quantitative estimate of drug-likeness (QED) is 0.657. The molecule has 0 bridgehead atoms. The van der Waals surface area contributed by atoms with Gasteiger partial charge in [0.25, 0.3) is 5.56 Å². The summed E-state index contributed by atoms with van der Waals surface area (Å²) in [6, 6.07) is 0. The molecule has 0 aliphatic rings. The SMILES string of the molecule is Cn1c(Cl)nc2ncn(C(C)(C)C)c(=O)c21. The Labute approximate surface area is 97.7 Å². The van der Waals surface area contributed by atoms with Crippen LogP contribution in [0.25, 0.3) is 11.2 Å². The molecule has 0 spiro atoms. The predicted octanol–water partition coefficient (Wildman–Crippen LogP) is 1.54. The maximum absolute atomic E-state index is 12.2. The fourth-order valence-electron chi connectivity index (χ4n) is 1.54. The minimum Gasteiger partial charge on any atom is -0.312 e. The van der Waals surface area contributed by atoms with Crippen LogP contribution in [0.3, 0.4) is 0 Å². The first-order chi connectivity index (χ1) is 7.32. The summed E-state index contributed by atoms with van der Waals surface area (Å²) in [4.78, 5) is 20.4. The summed E-state index contributed by atoms with van der Waals surface area (Å²) in [5.41, 5.74) is 0.384. The summed E-state index contributed by atoms with van der Waals surface area (Å²) in [5, 5.41) is 0.270. The van der Waals surface area contributed by atoms with Gasteiger partial charge in [-0.3, -0.25) is 9.36 Å². The Bertz CT molecular complexity index is 606. The lowest BCUT2D eigenvalue weighted by molar-refractivity contribution is 0.381. The van der Waals surface area contributed by atoms with Crippen molar-refractivity contribution >= 4 is 22.8 Å². The fraction of sp³-hybridized carbons (Fsp3) is 0.500. The molecule has 0 saturated heterocycles. The van der Waals surface area contributed by atoms with Gasteiger partial charge in [0, 0.05) is 12.6 Å². The average molecular weight is 241 g/mol. The Morgan fingerprint density at radius 2 is 2.00 bits per heavy atom. The molecule has 5 nitrogen and oxygen atoms in total. The van der Waals surface area contributed by atoms with Crippen LogP contribution in [0, 0.1) is 0 Å². The van der Waals surface area contributed by atoms with Crippen molar-refractivity contribution in [2.24, 2.45) is 7.05 Å². The third kappa shape index (κ3) is 1.51. The van der Waals surface area contributed by atoms with E-state index in [1.807, 2.05) is 20.8 Å². The third-order valence-electron chi connectivity index (χ3n) is 2.46. The lowest BCUT2D eigenvalue weighted by atomic mass is 10.1. The van der Waals surface area contributed by atoms with E-state index in [1.54, 1.807) is 16.2 Å². The van der Waals surface area contributed by atoms with E-state index in [2.05, 4.69) is 9.97 Å². The van der Waals surface area contributed by atoms with Crippen LogP contribution in [-0.2, 0) is 12.6 Å². The van der Waals surface area contributed by atoms with Gasteiger partial charge in [-0.2, -0.15) is 4.98 Å². The number of hydrogen-bond donors (Lipinski definition) is 0. The van der Waals surface area contributed by atoms with Crippen molar-refractivity contribution in [1.29, 1.82) is 0 Å². The molecule has 6 heteroatoms. The van der Waals surface area contributed by atoms with Crippen LogP contribution >= 0.6 is 11.6 Å². The van der Waals surface area contributed by atoms with Crippen LogP contribution in [0.15, 0.2) is 11.1 Å². The van der Waals surface area contributed by atoms with E-state index < -0.39 is 0 Å². The average Bonchev–Trinajstić information content (AvgIpc) is 2.41. The van der Waals surface area contributed by atoms with Crippen LogP contribution in [0.2, 0.25) is 5.28 Å². The standard InChI is InChI=1S/C10H13ClN4O/c1-10(2,3)15-5-12-7-6(8(15)16)14(4)9(11)13-7/h5H,1-4H3. The van der Waals surface area contributed by atoms with Crippen LogP contribution in [0.4, 0.5) is 0 Å². The van der Waals surface area contributed by atoms with E-state index in [0.29, 0.717) is 11.2 Å². The Balaban J connectivity index is 2.90. The summed E-state index contributed by atoms with van der Waals surface area (Å²) in [6.07, 6.45) is 1.51. The van der Waals surface area contributed by atoms with Crippen LogP contribution in [0.1, 0.15) is 20.8 Å². The first-order valence-corrected chi connectivity index (χ1v) is 5.30. The molecule has 0 saturated carbocycles. The zero-order valence-corrected chi connectivity index (χ0v) is 10.4. The molecule has 86 valence electrons. The van der Waals surface area contributed by atoms with Crippen molar-refractivity contribution in [3.8, 4) is 0 Å². The van der Waals surface area contributed by atoms with Gasteiger partial charge in [0.2, 0.25) is 5.28 Å². The van der Waals surface area contributed by atoms with Gasteiger partial charge < -0.3 is 4.57 Å². The van der Waals surface area contributed by atoms with Crippen LogP contribution in [-0.4, -0.2) is 19.1 Å². The molecule has 0 unspecified atom stereocenters. The van der Waals surface area contributed by atoms with Gasteiger partial charge in [0.1, 0.15) is 6.33 Å². The highest BCUT2D eigenvalue weighted by molar-refractivity contribution is 6.29. The van der Waals surface area contributed by atoms with Crippen molar-refractivity contribution in [2.75, 3.05) is 0 Å².